The zero-order valence-electron chi connectivity index (χ0n) is 5.89. The van der Waals surface area contributed by atoms with Crippen LogP contribution in [-0.4, -0.2) is 22.5 Å². The molecule has 0 fully saturated rings. The largest absolute Gasteiger partial charge is 0.396 e. The molecule has 0 saturated carbocycles. The minimum absolute atomic E-state index is 0.0851. The Morgan fingerprint density at radius 1 is 1.56 bits per heavy atom. The van der Waals surface area contributed by atoms with Crippen LogP contribution < -0.4 is 5.73 Å². The molecule has 0 aliphatic rings. The van der Waals surface area contributed by atoms with Crippen molar-refractivity contribution in [2.24, 2.45) is 5.73 Å². The number of hydrogen-bond donors (Lipinski definition) is 3. The Morgan fingerprint density at radius 3 is 2.11 bits per heavy atom. The molecule has 0 aromatic rings. The van der Waals surface area contributed by atoms with Crippen molar-refractivity contribution in [2.45, 2.75) is 26.0 Å². The van der Waals surface area contributed by atoms with E-state index in [2.05, 4.69) is 0 Å². The predicted octanol–water partition coefficient (Wildman–Crippen LogP) is -0.370. The summed E-state index contributed by atoms with van der Waals surface area (Å²) in [5.74, 6) is 0.719. The highest BCUT2D eigenvalue weighted by molar-refractivity contribution is 4.96. The Hall–Kier alpha value is -0.120. The highest BCUT2D eigenvalue weighted by atomic mass is 16.3. The fourth-order valence-corrected chi connectivity index (χ4v) is 0.420. The zero-order chi connectivity index (χ0) is 7.49. The molecule has 1 atom stereocenters. The van der Waals surface area contributed by atoms with Crippen LogP contribution in [0.25, 0.3) is 0 Å². The van der Waals surface area contributed by atoms with Gasteiger partial charge in [0.25, 0.3) is 0 Å². The van der Waals surface area contributed by atoms with Gasteiger partial charge in [0.15, 0.2) is 0 Å². The van der Waals surface area contributed by atoms with Crippen LogP contribution in [-0.2, 0) is 0 Å². The first-order chi connectivity index (χ1) is 4.00. The van der Waals surface area contributed by atoms with E-state index in [0.29, 0.717) is 0 Å². The first-order valence-corrected chi connectivity index (χ1v) is 2.93. The van der Waals surface area contributed by atoms with E-state index < -0.39 is 5.72 Å². The quantitative estimate of drug-likeness (QED) is 0.459. The van der Waals surface area contributed by atoms with Crippen LogP contribution >= 0.6 is 0 Å². The summed E-state index contributed by atoms with van der Waals surface area (Å²) < 4.78 is 0. The van der Waals surface area contributed by atoms with Crippen LogP contribution in [0.5, 0.6) is 0 Å². The van der Waals surface area contributed by atoms with Crippen molar-refractivity contribution in [1.29, 1.82) is 0 Å². The van der Waals surface area contributed by atoms with Crippen molar-refractivity contribution in [1.82, 2.24) is 0 Å². The number of rotatable bonds is 3. The molecule has 0 rings (SSSR count). The second kappa shape index (κ2) is 3.15. The van der Waals surface area contributed by atoms with Gasteiger partial charge < -0.3 is 15.9 Å². The molecule has 0 saturated heterocycles. The van der Waals surface area contributed by atoms with E-state index in [9.17, 15) is 5.11 Å². The minimum atomic E-state index is -1.28. The number of nitrogens with two attached hydrogens (primary N) is 1. The molecule has 0 aromatic carbocycles. The van der Waals surface area contributed by atoms with E-state index in [4.69, 9.17) is 10.8 Å². The van der Waals surface area contributed by atoms with Gasteiger partial charge in [-0.25, -0.2) is 0 Å². The minimum Gasteiger partial charge on any atom is -0.396 e. The third-order valence-corrected chi connectivity index (χ3v) is 1.36. The molecule has 4 N–H and O–H groups in total. The molecule has 1 radical (unpaired) electrons. The monoisotopic (exact) mass is 132 g/mol. The highest BCUT2D eigenvalue weighted by Crippen LogP contribution is 2.15. The van der Waals surface area contributed by atoms with Gasteiger partial charge >= 0.3 is 0 Å². The van der Waals surface area contributed by atoms with E-state index in [1.54, 1.807) is 13.8 Å². The number of aliphatic hydroxyl groups is 2. The fraction of sp³-hybridized carbons (Fsp3) is 0.833. The van der Waals surface area contributed by atoms with Crippen molar-refractivity contribution < 1.29 is 10.2 Å². The zero-order valence-corrected chi connectivity index (χ0v) is 5.89. The van der Waals surface area contributed by atoms with Crippen LogP contribution in [0.1, 0.15) is 20.3 Å². The van der Waals surface area contributed by atoms with Gasteiger partial charge in [-0.2, -0.15) is 0 Å². The lowest BCUT2D eigenvalue weighted by Crippen LogP contribution is -2.44. The van der Waals surface area contributed by atoms with Gasteiger partial charge in [0.05, 0.1) is 0 Å². The third kappa shape index (κ3) is 2.79. The standard InChI is InChI=1S/C6H14NO2/c1-5(2)6(7,9)3-4-8/h8-9H,3-4,7H2,1-2H3. The fourth-order valence-electron chi connectivity index (χ4n) is 0.420. The first-order valence-electron chi connectivity index (χ1n) is 2.93. The Labute approximate surface area is 55.5 Å². The number of hydrogen-bond acceptors (Lipinski definition) is 3. The second-order valence-electron chi connectivity index (χ2n) is 2.40. The summed E-state index contributed by atoms with van der Waals surface area (Å²) in [5, 5.41) is 17.6. The van der Waals surface area contributed by atoms with E-state index >= 15 is 0 Å². The number of aliphatic hydroxyl groups excluding tert-OH is 1. The SMILES string of the molecule is C[C](C)C(N)(O)CCO. The van der Waals surface area contributed by atoms with Gasteiger partial charge in [-0.1, -0.05) is 13.8 Å². The van der Waals surface area contributed by atoms with Crippen molar-refractivity contribution in [3.8, 4) is 0 Å². The topological polar surface area (TPSA) is 66.5 Å². The van der Waals surface area contributed by atoms with Gasteiger partial charge in [-0.05, 0) is 0 Å². The average molecular weight is 132 g/mol. The lowest BCUT2D eigenvalue weighted by Gasteiger charge is -2.25. The van der Waals surface area contributed by atoms with Crippen LogP contribution in [0.2, 0.25) is 0 Å². The van der Waals surface area contributed by atoms with Gasteiger partial charge in [0.2, 0.25) is 0 Å². The Morgan fingerprint density at radius 2 is 2.00 bits per heavy atom. The molecule has 9 heavy (non-hydrogen) atoms. The molecule has 3 nitrogen and oxygen atoms in total. The Kier molecular flexibility index (Phi) is 3.11. The molecule has 1 unspecified atom stereocenters. The van der Waals surface area contributed by atoms with Crippen molar-refractivity contribution >= 4 is 0 Å². The Bertz CT molecular complexity index is 81.1. The van der Waals surface area contributed by atoms with Crippen molar-refractivity contribution in [3.05, 3.63) is 5.92 Å². The van der Waals surface area contributed by atoms with E-state index in [1.165, 1.54) is 0 Å². The van der Waals surface area contributed by atoms with Gasteiger partial charge in [-0.3, -0.25) is 0 Å². The maximum Gasteiger partial charge on any atom is 0.121 e. The van der Waals surface area contributed by atoms with E-state index in [0.717, 1.165) is 5.92 Å². The van der Waals surface area contributed by atoms with Crippen molar-refractivity contribution in [3.63, 3.8) is 0 Å². The first kappa shape index (κ1) is 8.88. The molecule has 0 spiro atoms. The summed E-state index contributed by atoms with van der Waals surface area (Å²) >= 11 is 0. The second-order valence-corrected chi connectivity index (χ2v) is 2.40. The molecule has 0 aromatic heterocycles. The van der Waals surface area contributed by atoms with Crippen LogP contribution in [0.3, 0.4) is 0 Å². The smallest absolute Gasteiger partial charge is 0.121 e. The van der Waals surface area contributed by atoms with Crippen LogP contribution in [0.4, 0.5) is 0 Å². The predicted molar refractivity (Wildman–Crippen MR) is 35.4 cm³/mol. The highest BCUT2D eigenvalue weighted by Gasteiger charge is 2.24. The summed E-state index contributed by atoms with van der Waals surface area (Å²) in [6, 6.07) is 0. The molecule has 0 bridgehead atoms. The van der Waals surface area contributed by atoms with Crippen molar-refractivity contribution in [2.75, 3.05) is 6.61 Å². The Balaban J connectivity index is 3.70. The molecule has 0 aliphatic carbocycles. The molecule has 0 heterocycles. The van der Waals surface area contributed by atoms with Crippen LogP contribution in [0.15, 0.2) is 0 Å². The van der Waals surface area contributed by atoms with Gasteiger partial charge in [0, 0.05) is 18.9 Å². The molecular weight excluding hydrogens is 118 g/mol. The van der Waals surface area contributed by atoms with Gasteiger partial charge in [0.1, 0.15) is 5.72 Å². The van der Waals surface area contributed by atoms with Crippen LogP contribution in [0, 0.1) is 5.92 Å². The lowest BCUT2D eigenvalue weighted by atomic mass is 9.98. The summed E-state index contributed by atoms with van der Waals surface area (Å²) in [5.41, 5.74) is 4.05. The third-order valence-electron chi connectivity index (χ3n) is 1.36. The summed E-state index contributed by atoms with van der Waals surface area (Å²) in [6.07, 6.45) is 0.204. The maximum atomic E-state index is 9.17. The molecule has 3 heteroatoms. The molecule has 0 aliphatic heterocycles. The molecule has 0 amide bonds. The lowest BCUT2D eigenvalue weighted by molar-refractivity contribution is 0.0363. The van der Waals surface area contributed by atoms with Gasteiger partial charge in [-0.15, -0.1) is 0 Å². The van der Waals surface area contributed by atoms with E-state index in [-0.39, 0.29) is 13.0 Å². The normalized spacial score (nSPS) is 18.0. The summed E-state index contributed by atoms with van der Waals surface area (Å²) in [6.45, 7) is 3.38. The molecule has 55 valence electrons. The van der Waals surface area contributed by atoms with E-state index in [1.807, 2.05) is 0 Å². The summed E-state index contributed by atoms with van der Waals surface area (Å²) in [4.78, 5) is 0. The molecular formula is C6H14NO2. The average Bonchev–Trinajstić information content (AvgIpc) is 1.65. The maximum absolute atomic E-state index is 9.17. The summed E-state index contributed by atoms with van der Waals surface area (Å²) in [7, 11) is 0.